The molecule has 0 heterocycles. The van der Waals surface area contributed by atoms with Gasteiger partial charge in [0.25, 0.3) is 6.43 Å². The van der Waals surface area contributed by atoms with Gasteiger partial charge in [0.15, 0.2) is 0 Å². The fourth-order valence-electron chi connectivity index (χ4n) is 1.27. The molecule has 0 amide bonds. The zero-order valence-corrected chi connectivity index (χ0v) is 9.79. The lowest BCUT2D eigenvalue weighted by Gasteiger charge is -2.07. The molecular weight excluding hydrogens is 228 g/mol. The highest BCUT2D eigenvalue weighted by Gasteiger charge is 2.03. The standard InChI is InChI=1S/C12H17F2NO2/c1-16-7-6-15-8-10-2-4-11(5-3-10)17-9-12(13)14/h2-5,12,15H,6-9H2,1H3. The van der Waals surface area contributed by atoms with E-state index in [1.54, 1.807) is 19.2 Å². The molecule has 1 aromatic rings. The van der Waals surface area contributed by atoms with Crippen molar-refractivity contribution in [3.8, 4) is 5.75 Å². The van der Waals surface area contributed by atoms with Crippen LogP contribution in [0.2, 0.25) is 0 Å². The number of halogens is 2. The van der Waals surface area contributed by atoms with E-state index in [-0.39, 0.29) is 0 Å². The number of hydrogen-bond acceptors (Lipinski definition) is 3. The van der Waals surface area contributed by atoms with Crippen LogP contribution in [0, 0.1) is 0 Å². The Morgan fingerprint density at radius 1 is 1.24 bits per heavy atom. The third-order valence-corrected chi connectivity index (χ3v) is 2.11. The van der Waals surface area contributed by atoms with Crippen molar-refractivity contribution in [1.82, 2.24) is 5.32 Å². The largest absolute Gasteiger partial charge is 0.488 e. The molecule has 0 saturated carbocycles. The zero-order chi connectivity index (χ0) is 12.5. The summed E-state index contributed by atoms with van der Waals surface area (Å²) in [6, 6.07) is 7.08. The molecule has 5 heteroatoms. The van der Waals surface area contributed by atoms with E-state index in [9.17, 15) is 8.78 Å². The average Bonchev–Trinajstić information content (AvgIpc) is 2.33. The van der Waals surface area contributed by atoms with Crippen molar-refractivity contribution in [2.45, 2.75) is 13.0 Å². The van der Waals surface area contributed by atoms with Crippen molar-refractivity contribution in [2.75, 3.05) is 26.9 Å². The van der Waals surface area contributed by atoms with Crippen LogP contribution in [-0.2, 0) is 11.3 Å². The molecule has 0 spiro atoms. The van der Waals surface area contributed by atoms with Gasteiger partial charge in [0.05, 0.1) is 6.61 Å². The minimum Gasteiger partial charge on any atom is -0.488 e. The summed E-state index contributed by atoms with van der Waals surface area (Å²) < 4.78 is 33.6. The third kappa shape index (κ3) is 6.19. The van der Waals surface area contributed by atoms with Crippen LogP contribution < -0.4 is 10.1 Å². The zero-order valence-electron chi connectivity index (χ0n) is 9.79. The van der Waals surface area contributed by atoms with Crippen LogP contribution in [0.4, 0.5) is 8.78 Å². The minimum absolute atomic E-state index is 0.464. The second-order valence-corrected chi connectivity index (χ2v) is 3.52. The van der Waals surface area contributed by atoms with E-state index in [2.05, 4.69) is 5.32 Å². The highest BCUT2D eigenvalue weighted by atomic mass is 19.3. The van der Waals surface area contributed by atoms with Gasteiger partial charge in [-0.25, -0.2) is 8.78 Å². The maximum atomic E-state index is 11.9. The van der Waals surface area contributed by atoms with Crippen molar-refractivity contribution in [3.05, 3.63) is 29.8 Å². The van der Waals surface area contributed by atoms with Gasteiger partial charge in [0, 0.05) is 20.2 Å². The molecule has 0 radical (unpaired) electrons. The molecule has 0 unspecified atom stereocenters. The van der Waals surface area contributed by atoms with Crippen LogP contribution in [-0.4, -0.2) is 33.3 Å². The molecule has 0 atom stereocenters. The normalized spacial score (nSPS) is 10.8. The molecule has 0 aliphatic carbocycles. The smallest absolute Gasteiger partial charge is 0.272 e. The summed E-state index contributed by atoms with van der Waals surface area (Å²) in [6.07, 6.45) is -2.44. The number of benzene rings is 1. The molecule has 1 N–H and O–H groups in total. The Morgan fingerprint density at radius 2 is 1.94 bits per heavy atom. The van der Waals surface area contributed by atoms with Gasteiger partial charge in [-0.2, -0.15) is 0 Å². The number of rotatable bonds is 8. The topological polar surface area (TPSA) is 30.5 Å². The van der Waals surface area contributed by atoms with Crippen molar-refractivity contribution in [1.29, 1.82) is 0 Å². The Bertz CT molecular complexity index is 304. The molecule has 0 aromatic heterocycles. The second-order valence-electron chi connectivity index (χ2n) is 3.52. The van der Waals surface area contributed by atoms with E-state index in [0.29, 0.717) is 12.4 Å². The van der Waals surface area contributed by atoms with Crippen LogP contribution in [0.25, 0.3) is 0 Å². The quantitative estimate of drug-likeness (QED) is 0.711. The Morgan fingerprint density at radius 3 is 2.53 bits per heavy atom. The molecule has 1 rings (SSSR count). The fourth-order valence-corrected chi connectivity index (χ4v) is 1.27. The lowest BCUT2D eigenvalue weighted by Crippen LogP contribution is -2.18. The maximum Gasteiger partial charge on any atom is 0.272 e. The summed E-state index contributed by atoms with van der Waals surface area (Å²) in [4.78, 5) is 0. The summed E-state index contributed by atoms with van der Waals surface area (Å²) in [6.45, 7) is 1.60. The third-order valence-electron chi connectivity index (χ3n) is 2.11. The first-order valence-corrected chi connectivity index (χ1v) is 5.42. The van der Waals surface area contributed by atoms with Crippen LogP contribution in [0.5, 0.6) is 5.75 Å². The summed E-state index contributed by atoms with van der Waals surface area (Å²) in [7, 11) is 1.65. The Kier molecular flexibility index (Phi) is 6.50. The first kappa shape index (κ1) is 13.9. The number of alkyl halides is 2. The van der Waals surface area contributed by atoms with Gasteiger partial charge in [-0.05, 0) is 17.7 Å². The van der Waals surface area contributed by atoms with Gasteiger partial charge >= 0.3 is 0 Å². The van der Waals surface area contributed by atoms with Gasteiger partial charge in [-0.3, -0.25) is 0 Å². The maximum absolute atomic E-state index is 11.9. The fraction of sp³-hybridized carbons (Fsp3) is 0.500. The molecule has 0 fully saturated rings. The summed E-state index contributed by atoms with van der Waals surface area (Å²) >= 11 is 0. The molecule has 17 heavy (non-hydrogen) atoms. The predicted molar refractivity (Wildman–Crippen MR) is 61.5 cm³/mol. The lowest BCUT2D eigenvalue weighted by atomic mass is 10.2. The van der Waals surface area contributed by atoms with E-state index in [0.717, 1.165) is 18.7 Å². The molecule has 0 aliphatic rings. The van der Waals surface area contributed by atoms with E-state index >= 15 is 0 Å². The molecule has 0 bridgehead atoms. The summed E-state index contributed by atoms with van der Waals surface area (Å²) in [5.41, 5.74) is 1.07. The first-order valence-electron chi connectivity index (χ1n) is 5.42. The number of hydrogen-bond donors (Lipinski definition) is 1. The van der Waals surface area contributed by atoms with Crippen molar-refractivity contribution in [2.24, 2.45) is 0 Å². The summed E-state index contributed by atoms with van der Waals surface area (Å²) in [5.74, 6) is 0.464. The van der Waals surface area contributed by atoms with Crippen LogP contribution in [0.1, 0.15) is 5.56 Å². The predicted octanol–water partition coefficient (Wildman–Crippen LogP) is 2.07. The van der Waals surface area contributed by atoms with Gasteiger partial charge in [-0.1, -0.05) is 12.1 Å². The highest BCUT2D eigenvalue weighted by Crippen LogP contribution is 2.12. The highest BCUT2D eigenvalue weighted by molar-refractivity contribution is 5.27. The number of nitrogens with one attached hydrogen (secondary N) is 1. The first-order chi connectivity index (χ1) is 8.22. The van der Waals surface area contributed by atoms with E-state index in [1.165, 1.54) is 0 Å². The molecule has 0 aliphatic heterocycles. The monoisotopic (exact) mass is 245 g/mol. The number of ether oxygens (including phenoxy) is 2. The lowest BCUT2D eigenvalue weighted by molar-refractivity contribution is 0.0819. The SMILES string of the molecule is COCCNCc1ccc(OCC(F)F)cc1. The minimum atomic E-state index is -2.44. The average molecular weight is 245 g/mol. The van der Waals surface area contributed by atoms with Crippen molar-refractivity contribution >= 4 is 0 Å². The van der Waals surface area contributed by atoms with Gasteiger partial charge in [0.2, 0.25) is 0 Å². The molecule has 1 aromatic carbocycles. The summed E-state index contributed by atoms with van der Waals surface area (Å²) in [5, 5.41) is 3.19. The van der Waals surface area contributed by atoms with E-state index < -0.39 is 13.0 Å². The van der Waals surface area contributed by atoms with Crippen molar-refractivity contribution in [3.63, 3.8) is 0 Å². The van der Waals surface area contributed by atoms with Crippen LogP contribution in [0.15, 0.2) is 24.3 Å². The molecule has 0 saturated heterocycles. The Balaban J connectivity index is 2.29. The number of methoxy groups -OCH3 is 1. The van der Waals surface area contributed by atoms with Crippen LogP contribution in [0.3, 0.4) is 0 Å². The Labute approximate surface area is 99.7 Å². The van der Waals surface area contributed by atoms with E-state index in [1.807, 2.05) is 12.1 Å². The van der Waals surface area contributed by atoms with Crippen LogP contribution >= 0.6 is 0 Å². The van der Waals surface area contributed by atoms with Crippen molar-refractivity contribution < 1.29 is 18.3 Å². The molecule has 3 nitrogen and oxygen atoms in total. The second kappa shape index (κ2) is 7.97. The van der Waals surface area contributed by atoms with Gasteiger partial charge in [-0.15, -0.1) is 0 Å². The Hall–Kier alpha value is -1.20. The van der Waals surface area contributed by atoms with Gasteiger partial charge < -0.3 is 14.8 Å². The molecule has 96 valence electrons. The van der Waals surface area contributed by atoms with Gasteiger partial charge in [0.1, 0.15) is 12.4 Å². The molecular formula is C12H17F2NO2. The van der Waals surface area contributed by atoms with E-state index in [4.69, 9.17) is 9.47 Å².